The van der Waals surface area contributed by atoms with E-state index in [9.17, 15) is 5.11 Å². The highest BCUT2D eigenvalue weighted by molar-refractivity contribution is 5.85. The highest BCUT2D eigenvalue weighted by Crippen LogP contribution is 2.34. The van der Waals surface area contributed by atoms with E-state index in [-0.39, 0.29) is 24.0 Å². The Balaban J connectivity index is 0.00000144. The third kappa shape index (κ3) is 3.51. The molecular formula is C13H20ClNO2. The van der Waals surface area contributed by atoms with Gasteiger partial charge in [-0.05, 0) is 51.9 Å². The maximum absolute atomic E-state index is 9.77. The normalized spacial score (nSPS) is 19.1. The average Bonchev–Trinajstić information content (AvgIpc) is 2.05. The van der Waals surface area contributed by atoms with Crippen molar-refractivity contribution in [2.45, 2.75) is 38.8 Å². The standard InChI is InChI=1S/C13H19NO2.ClH/c1-13(2,3)16-9-4-5-12(15)10(8-9)11-6-7-14-11;/h4-5,8,11,14-15H,6-7H2,1-3H3;1H/t11-;/m0./s1. The van der Waals surface area contributed by atoms with Gasteiger partial charge in [-0.1, -0.05) is 0 Å². The Labute approximate surface area is 109 Å². The first-order valence-corrected chi connectivity index (χ1v) is 5.71. The number of benzene rings is 1. The van der Waals surface area contributed by atoms with Crippen molar-refractivity contribution in [3.63, 3.8) is 0 Å². The van der Waals surface area contributed by atoms with Crippen LogP contribution < -0.4 is 10.1 Å². The molecule has 3 nitrogen and oxygen atoms in total. The van der Waals surface area contributed by atoms with Crippen molar-refractivity contribution < 1.29 is 9.84 Å². The van der Waals surface area contributed by atoms with E-state index in [0.29, 0.717) is 5.75 Å². The lowest BCUT2D eigenvalue weighted by molar-refractivity contribution is 0.130. The van der Waals surface area contributed by atoms with Gasteiger partial charge in [-0.3, -0.25) is 0 Å². The summed E-state index contributed by atoms with van der Waals surface area (Å²) in [6, 6.07) is 5.72. The second-order valence-corrected chi connectivity index (χ2v) is 5.23. The van der Waals surface area contributed by atoms with Crippen LogP contribution in [0.5, 0.6) is 11.5 Å². The minimum atomic E-state index is -0.207. The number of nitrogens with one attached hydrogen (secondary N) is 1. The number of ether oxygens (including phenoxy) is 1. The maximum Gasteiger partial charge on any atom is 0.120 e. The Morgan fingerprint density at radius 3 is 2.47 bits per heavy atom. The van der Waals surface area contributed by atoms with Gasteiger partial charge >= 0.3 is 0 Å². The van der Waals surface area contributed by atoms with Crippen LogP contribution in [0.1, 0.15) is 38.8 Å². The predicted molar refractivity (Wildman–Crippen MR) is 71.1 cm³/mol. The SMILES string of the molecule is CC(C)(C)Oc1ccc(O)c([C@@H]2CCN2)c1.Cl. The van der Waals surface area contributed by atoms with Gasteiger partial charge in [0.1, 0.15) is 17.1 Å². The van der Waals surface area contributed by atoms with E-state index in [4.69, 9.17) is 4.74 Å². The smallest absolute Gasteiger partial charge is 0.120 e. The first-order valence-electron chi connectivity index (χ1n) is 5.71. The van der Waals surface area contributed by atoms with E-state index in [1.165, 1.54) is 0 Å². The number of rotatable bonds is 2. The summed E-state index contributed by atoms with van der Waals surface area (Å²) < 4.78 is 5.78. The van der Waals surface area contributed by atoms with Crippen LogP contribution in [-0.4, -0.2) is 17.3 Å². The molecule has 1 aliphatic rings. The molecule has 1 aromatic carbocycles. The zero-order chi connectivity index (χ0) is 11.8. The minimum Gasteiger partial charge on any atom is -0.508 e. The van der Waals surface area contributed by atoms with E-state index in [0.717, 1.165) is 24.3 Å². The summed E-state index contributed by atoms with van der Waals surface area (Å²) in [5.74, 6) is 1.16. The summed E-state index contributed by atoms with van der Waals surface area (Å²) in [4.78, 5) is 0. The van der Waals surface area contributed by atoms with Crippen LogP contribution in [0.2, 0.25) is 0 Å². The van der Waals surface area contributed by atoms with Gasteiger partial charge in [0.05, 0.1) is 0 Å². The Kier molecular flexibility index (Phi) is 4.28. The van der Waals surface area contributed by atoms with Crippen LogP contribution in [-0.2, 0) is 0 Å². The van der Waals surface area contributed by atoms with Gasteiger partial charge in [-0.25, -0.2) is 0 Å². The lowest BCUT2D eigenvalue weighted by Gasteiger charge is -2.29. The second-order valence-electron chi connectivity index (χ2n) is 5.23. The molecule has 0 amide bonds. The van der Waals surface area contributed by atoms with Crippen molar-refractivity contribution in [2.24, 2.45) is 0 Å². The molecule has 0 aliphatic carbocycles. The van der Waals surface area contributed by atoms with E-state index in [1.54, 1.807) is 6.07 Å². The summed E-state index contributed by atoms with van der Waals surface area (Å²) >= 11 is 0. The number of halogens is 1. The number of aromatic hydroxyl groups is 1. The zero-order valence-corrected chi connectivity index (χ0v) is 11.3. The third-order valence-electron chi connectivity index (χ3n) is 2.62. The highest BCUT2D eigenvalue weighted by atomic mass is 35.5. The monoisotopic (exact) mass is 257 g/mol. The van der Waals surface area contributed by atoms with Gasteiger partial charge in [0.25, 0.3) is 0 Å². The molecule has 2 N–H and O–H groups in total. The molecule has 1 fully saturated rings. The molecule has 0 saturated carbocycles. The number of phenols is 1. The van der Waals surface area contributed by atoms with Gasteiger partial charge in [-0.2, -0.15) is 0 Å². The van der Waals surface area contributed by atoms with Gasteiger partial charge in [0, 0.05) is 11.6 Å². The van der Waals surface area contributed by atoms with Crippen LogP contribution in [0, 0.1) is 0 Å². The van der Waals surface area contributed by atoms with Gasteiger partial charge in [-0.15, -0.1) is 12.4 Å². The first-order chi connectivity index (χ1) is 7.46. The van der Waals surface area contributed by atoms with Crippen LogP contribution in [0.15, 0.2) is 18.2 Å². The Bertz CT molecular complexity index is 383. The molecule has 1 heterocycles. The highest BCUT2D eigenvalue weighted by Gasteiger charge is 2.22. The van der Waals surface area contributed by atoms with Crippen LogP contribution in [0.3, 0.4) is 0 Å². The van der Waals surface area contributed by atoms with Crippen molar-refractivity contribution >= 4 is 12.4 Å². The van der Waals surface area contributed by atoms with Crippen LogP contribution >= 0.6 is 12.4 Å². The van der Waals surface area contributed by atoms with Gasteiger partial charge in [0.2, 0.25) is 0 Å². The van der Waals surface area contributed by atoms with E-state index in [2.05, 4.69) is 5.32 Å². The molecule has 1 saturated heterocycles. The summed E-state index contributed by atoms with van der Waals surface area (Å²) in [6.07, 6.45) is 1.08. The molecule has 1 atom stereocenters. The molecule has 2 rings (SSSR count). The van der Waals surface area contributed by atoms with Gasteiger partial charge < -0.3 is 15.2 Å². The van der Waals surface area contributed by atoms with Crippen molar-refractivity contribution in [3.05, 3.63) is 23.8 Å². The fraction of sp³-hybridized carbons (Fsp3) is 0.538. The second kappa shape index (κ2) is 5.15. The fourth-order valence-corrected chi connectivity index (χ4v) is 1.78. The van der Waals surface area contributed by atoms with Crippen LogP contribution in [0.25, 0.3) is 0 Å². The number of phenolic OH excluding ortho intramolecular Hbond substituents is 1. The Morgan fingerprint density at radius 1 is 1.35 bits per heavy atom. The Morgan fingerprint density at radius 2 is 2.00 bits per heavy atom. The minimum absolute atomic E-state index is 0. The molecule has 1 aliphatic heterocycles. The topological polar surface area (TPSA) is 41.5 Å². The molecule has 17 heavy (non-hydrogen) atoms. The van der Waals surface area contributed by atoms with E-state index < -0.39 is 0 Å². The Hall–Kier alpha value is -0.930. The van der Waals surface area contributed by atoms with Crippen molar-refractivity contribution in [1.82, 2.24) is 5.32 Å². The largest absolute Gasteiger partial charge is 0.508 e. The number of hydrogen-bond donors (Lipinski definition) is 2. The lowest BCUT2D eigenvalue weighted by Crippen LogP contribution is -2.35. The molecule has 96 valence electrons. The average molecular weight is 258 g/mol. The molecule has 1 aromatic rings. The summed E-state index contributed by atoms with van der Waals surface area (Å²) in [5.41, 5.74) is 0.731. The summed E-state index contributed by atoms with van der Waals surface area (Å²) in [5, 5.41) is 13.1. The van der Waals surface area contributed by atoms with E-state index >= 15 is 0 Å². The molecule has 0 aromatic heterocycles. The van der Waals surface area contributed by atoms with Crippen LogP contribution in [0.4, 0.5) is 0 Å². The molecular weight excluding hydrogens is 238 g/mol. The fourth-order valence-electron chi connectivity index (χ4n) is 1.78. The quantitative estimate of drug-likeness (QED) is 0.856. The van der Waals surface area contributed by atoms with Crippen molar-refractivity contribution in [3.8, 4) is 11.5 Å². The van der Waals surface area contributed by atoms with Gasteiger partial charge in [0.15, 0.2) is 0 Å². The molecule has 0 spiro atoms. The lowest BCUT2D eigenvalue weighted by atomic mass is 9.97. The third-order valence-corrected chi connectivity index (χ3v) is 2.62. The van der Waals surface area contributed by atoms with Crippen molar-refractivity contribution in [2.75, 3.05) is 6.54 Å². The molecule has 0 radical (unpaired) electrons. The molecule has 4 heteroatoms. The molecule has 0 bridgehead atoms. The maximum atomic E-state index is 9.77. The predicted octanol–water partition coefficient (Wildman–Crippen LogP) is 3.03. The summed E-state index contributed by atoms with van der Waals surface area (Å²) in [6.45, 7) is 7.07. The zero-order valence-electron chi connectivity index (χ0n) is 10.5. The number of hydrogen-bond acceptors (Lipinski definition) is 3. The first kappa shape index (κ1) is 14.1. The molecule has 0 unspecified atom stereocenters. The summed E-state index contributed by atoms with van der Waals surface area (Å²) in [7, 11) is 0. The van der Waals surface area contributed by atoms with Crippen molar-refractivity contribution in [1.29, 1.82) is 0 Å². The van der Waals surface area contributed by atoms with E-state index in [1.807, 2.05) is 32.9 Å².